The second kappa shape index (κ2) is 5.83. The van der Waals surface area contributed by atoms with Gasteiger partial charge in [0.15, 0.2) is 0 Å². The maximum Gasteiger partial charge on any atom is 0.307 e. The number of nitrogens with zero attached hydrogens (tertiary/aromatic N) is 1. The number of carboxylic acid groups (broad SMARTS) is 1. The lowest BCUT2D eigenvalue weighted by atomic mass is 9.93. The monoisotopic (exact) mass is 275 g/mol. The molecule has 3 rings (SSSR count). The first-order valence-electron chi connectivity index (χ1n) is 7.44. The lowest BCUT2D eigenvalue weighted by Gasteiger charge is -2.37. The van der Waals surface area contributed by atoms with Gasteiger partial charge >= 0.3 is 5.97 Å². The Morgan fingerprint density at radius 1 is 1.25 bits per heavy atom. The molecule has 1 fully saturated rings. The van der Waals surface area contributed by atoms with Crippen LogP contribution in [-0.2, 0) is 4.79 Å². The molecule has 1 aromatic rings. The summed E-state index contributed by atoms with van der Waals surface area (Å²) in [5, 5.41) is 9.25. The van der Waals surface area contributed by atoms with Crippen LogP contribution < -0.4 is 4.74 Å². The topological polar surface area (TPSA) is 49.8 Å². The summed E-state index contributed by atoms with van der Waals surface area (Å²) in [6.07, 6.45) is 3.84. The Bertz CT molecular complexity index is 488. The quantitative estimate of drug-likeness (QED) is 0.901. The zero-order chi connectivity index (χ0) is 13.9. The Morgan fingerprint density at radius 2 is 2.10 bits per heavy atom. The Balaban J connectivity index is 1.84. The van der Waals surface area contributed by atoms with E-state index in [1.165, 1.54) is 5.56 Å². The summed E-state index contributed by atoms with van der Waals surface area (Å²) < 4.78 is 5.80. The largest absolute Gasteiger partial charge is 0.493 e. The summed E-state index contributed by atoms with van der Waals surface area (Å²) in [6, 6.07) is 8.48. The van der Waals surface area contributed by atoms with E-state index in [0.717, 1.165) is 44.6 Å². The van der Waals surface area contributed by atoms with Crippen LogP contribution in [0.25, 0.3) is 0 Å². The highest BCUT2D eigenvalue weighted by molar-refractivity contribution is 5.70. The van der Waals surface area contributed by atoms with Gasteiger partial charge in [0, 0.05) is 18.2 Å². The number of piperidine rings is 1. The summed E-state index contributed by atoms with van der Waals surface area (Å²) in [6.45, 7) is 2.40. The summed E-state index contributed by atoms with van der Waals surface area (Å²) in [5.41, 5.74) is 1.22. The van der Waals surface area contributed by atoms with Crippen LogP contribution in [0.3, 0.4) is 0 Å². The van der Waals surface area contributed by atoms with Gasteiger partial charge in [0.05, 0.1) is 12.5 Å². The maximum absolute atomic E-state index is 11.2. The van der Waals surface area contributed by atoms with E-state index in [9.17, 15) is 9.90 Å². The number of aliphatic carboxylic acids is 1. The third-order valence-electron chi connectivity index (χ3n) is 4.40. The maximum atomic E-state index is 11.2. The van der Waals surface area contributed by atoms with Gasteiger partial charge in [0.1, 0.15) is 5.75 Å². The van der Waals surface area contributed by atoms with Crippen molar-refractivity contribution in [2.75, 3.05) is 19.7 Å². The van der Waals surface area contributed by atoms with Crippen LogP contribution in [0.5, 0.6) is 5.75 Å². The van der Waals surface area contributed by atoms with Crippen molar-refractivity contribution in [3.63, 3.8) is 0 Å². The van der Waals surface area contributed by atoms with Crippen LogP contribution in [0.4, 0.5) is 0 Å². The Kier molecular flexibility index (Phi) is 3.92. The molecule has 2 unspecified atom stereocenters. The number of rotatable bonds is 2. The van der Waals surface area contributed by atoms with E-state index in [1.807, 2.05) is 18.2 Å². The van der Waals surface area contributed by atoms with E-state index in [0.29, 0.717) is 12.6 Å². The molecule has 0 radical (unpaired) electrons. The van der Waals surface area contributed by atoms with Gasteiger partial charge in [0.25, 0.3) is 0 Å². The molecule has 0 aliphatic carbocycles. The zero-order valence-corrected chi connectivity index (χ0v) is 11.6. The molecule has 2 aliphatic heterocycles. The van der Waals surface area contributed by atoms with Crippen molar-refractivity contribution >= 4 is 5.97 Å². The molecule has 2 atom stereocenters. The first-order valence-corrected chi connectivity index (χ1v) is 7.44. The third-order valence-corrected chi connectivity index (χ3v) is 4.40. The van der Waals surface area contributed by atoms with Gasteiger partial charge in [-0.15, -0.1) is 0 Å². The number of likely N-dealkylation sites (tertiary alicyclic amines) is 1. The average molecular weight is 275 g/mol. The lowest BCUT2D eigenvalue weighted by Crippen LogP contribution is -2.40. The summed E-state index contributed by atoms with van der Waals surface area (Å²) >= 11 is 0. The molecular weight excluding hydrogens is 254 g/mol. The molecule has 0 saturated carbocycles. The number of ether oxygens (including phenoxy) is 1. The Labute approximate surface area is 119 Å². The van der Waals surface area contributed by atoms with Gasteiger partial charge in [-0.2, -0.15) is 0 Å². The SMILES string of the molecule is O=C(O)C1CCCN(C2CCCOc3ccccc32)C1. The molecule has 0 bridgehead atoms. The van der Waals surface area contributed by atoms with Crippen LogP contribution in [0.1, 0.15) is 37.3 Å². The minimum absolute atomic E-state index is 0.222. The number of hydrogen-bond acceptors (Lipinski definition) is 3. The van der Waals surface area contributed by atoms with Crippen LogP contribution in [0, 0.1) is 5.92 Å². The molecule has 2 heterocycles. The first-order chi connectivity index (χ1) is 9.75. The van der Waals surface area contributed by atoms with Gasteiger partial charge in [0.2, 0.25) is 0 Å². The number of carbonyl (C=O) groups is 1. The molecule has 108 valence electrons. The fourth-order valence-electron chi connectivity index (χ4n) is 3.37. The molecule has 0 spiro atoms. The first kappa shape index (κ1) is 13.4. The smallest absolute Gasteiger partial charge is 0.307 e. The zero-order valence-electron chi connectivity index (χ0n) is 11.6. The molecule has 1 aromatic carbocycles. The van der Waals surface area contributed by atoms with E-state index in [-0.39, 0.29) is 5.92 Å². The van der Waals surface area contributed by atoms with Gasteiger partial charge in [-0.05, 0) is 38.3 Å². The number of para-hydroxylation sites is 1. The standard InChI is InChI=1S/C16H21NO3/c18-16(19)12-5-3-9-17(11-12)14-7-4-10-20-15-8-2-1-6-13(14)15/h1-2,6,8,12,14H,3-5,7,9-11H2,(H,18,19). The molecule has 4 nitrogen and oxygen atoms in total. The minimum atomic E-state index is -0.659. The van der Waals surface area contributed by atoms with E-state index in [1.54, 1.807) is 0 Å². The molecule has 20 heavy (non-hydrogen) atoms. The summed E-state index contributed by atoms with van der Waals surface area (Å²) in [4.78, 5) is 13.6. The van der Waals surface area contributed by atoms with Crippen molar-refractivity contribution in [3.8, 4) is 5.75 Å². The summed E-state index contributed by atoms with van der Waals surface area (Å²) in [7, 11) is 0. The van der Waals surface area contributed by atoms with E-state index in [4.69, 9.17) is 4.74 Å². The highest BCUT2D eigenvalue weighted by Gasteiger charge is 2.32. The van der Waals surface area contributed by atoms with Gasteiger partial charge in [-0.1, -0.05) is 18.2 Å². The number of benzene rings is 1. The summed E-state index contributed by atoms with van der Waals surface area (Å²) in [5.74, 6) is 0.0837. The van der Waals surface area contributed by atoms with Crippen molar-refractivity contribution in [2.45, 2.75) is 31.7 Å². The molecular formula is C16H21NO3. The fourth-order valence-corrected chi connectivity index (χ4v) is 3.37. The fraction of sp³-hybridized carbons (Fsp3) is 0.562. The Morgan fingerprint density at radius 3 is 2.95 bits per heavy atom. The van der Waals surface area contributed by atoms with Crippen molar-refractivity contribution in [1.29, 1.82) is 0 Å². The van der Waals surface area contributed by atoms with Crippen molar-refractivity contribution < 1.29 is 14.6 Å². The van der Waals surface area contributed by atoms with Crippen molar-refractivity contribution in [2.24, 2.45) is 5.92 Å². The highest BCUT2D eigenvalue weighted by atomic mass is 16.5. The molecule has 2 aliphatic rings. The predicted octanol–water partition coefficient (Wildman–Crippen LogP) is 2.70. The predicted molar refractivity (Wildman–Crippen MR) is 75.8 cm³/mol. The van der Waals surface area contributed by atoms with Crippen LogP contribution >= 0.6 is 0 Å². The number of fused-ring (bicyclic) bond motifs is 1. The minimum Gasteiger partial charge on any atom is -0.493 e. The third kappa shape index (κ3) is 2.66. The molecule has 0 amide bonds. The van der Waals surface area contributed by atoms with Crippen molar-refractivity contribution in [3.05, 3.63) is 29.8 Å². The second-order valence-electron chi connectivity index (χ2n) is 5.72. The van der Waals surface area contributed by atoms with Gasteiger partial charge in [-0.3, -0.25) is 9.69 Å². The second-order valence-corrected chi connectivity index (χ2v) is 5.72. The molecule has 1 N–H and O–H groups in total. The van der Waals surface area contributed by atoms with Gasteiger partial charge < -0.3 is 9.84 Å². The van der Waals surface area contributed by atoms with E-state index < -0.39 is 5.97 Å². The van der Waals surface area contributed by atoms with Gasteiger partial charge in [-0.25, -0.2) is 0 Å². The van der Waals surface area contributed by atoms with Crippen LogP contribution in [0.2, 0.25) is 0 Å². The Hall–Kier alpha value is -1.55. The molecule has 1 saturated heterocycles. The van der Waals surface area contributed by atoms with Crippen LogP contribution in [0.15, 0.2) is 24.3 Å². The van der Waals surface area contributed by atoms with E-state index >= 15 is 0 Å². The number of hydrogen-bond donors (Lipinski definition) is 1. The average Bonchev–Trinajstić information content (AvgIpc) is 2.69. The normalized spacial score (nSPS) is 27.2. The highest BCUT2D eigenvalue weighted by Crippen LogP contribution is 2.37. The molecule has 0 aromatic heterocycles. The lowest BCUT2D eigenvalue weighted by molar-refractivity contribution is -0.144. The van der Waals surface area contributed by atoms with Crippen LogP contribution in [-0.4, -0.2) is 35.7 Å². The van der Waals surface area contributed by atoms with Crippen molar-refractivity contribution in [1.82, 2.24) is 4.90 Å². The molecule has 4 heteroatoms. The van der Waals surface area contributed by atoms with E-state index in [2.05, 4.69) is 11.0 Å². The number of carboxylic acids is 1.